The largest absolute Gasteiger partial charge is 0.491 e. The van der Waals surface area contributed by atoms with Crippen molar-refractivity contribution in [2.24, 2.45) is 5.92 Å². The number of ether oxygens (including phenoxy) is 2. The molecule has 1 saturated carbocycles. The van der Waals surface area contributed by atoms with Gasteiger partial charge in [0.05, 0.1) is 24.4 Å². The van der Waals surface area contributed by atoms with Crippen LogP contribution in [0.5, 0.6) is 5.75 Å². The Kier molecular flexibility index (Phi) is 6.20. The van der Waals surface area contributed by atoms with Crippen molar-refractivity contribution in [3.8, 4) is 5.75 Å². The van der Waals surface area contributed by atoms with E-state index in [9.17, 15) is 4.79 Å². The molecule has 0 saturated heterocycles. The van der Waals surface area contributed by atoms with Crippen molar-refractivity contribution >= 4 is 24.8 Å². The topological polar surface area (TPSA) is 84.3 Å². The van der Waals surface area contributed by atoms with Crippen LogP contribution in [0.4, 0.5) is 5.69 Å². The van der Waals surface area contributed by atoms with Gasteiger partial charge in [-0.2, -0.15) is 0 Å². The average molecular weight is 441 g/mol. The van der Waals surface area contributed by atoms with Crippen LogP contribution >= 0.6 is 0 Å². The van der Waals surface area contributed by atoms with Crippen LogP contribution in [0.2, 0.25) is 25.7 Å². The molecule has 0 amide bonds. The predicted octanol–water partition coefficient (Wildman–Crippen LogP) is 3.93. The molecular formula is C23H32N4O3Si. The maximum absolute atomic E-state index is 12.5. The van der Waals surface area contributed by atoms with Crippen LogP contribution in [0.15, 0.2) is 41.3 Å². The summed E-state index contributed by atoms with van der Waals surface area (Å²) in [5.41, 5.74) is 7.59. The molecule has 0 atom stereocenters. The Labute approximate surface area is 183 Å². The highest BCUT2D eigenvalue weighted by molar-refractivity contribution is 6.76. The summed E-state index contributed by atoms with van der Waals surface area (Å²) in [5, 5.41) is 0. The average Bonchev–Trinajstić information content (AvgIpc) is 3.48. The molecule has 2 aromatic heterocycles. The molecule has 0 bridgehead atoms. The lowest BCUT2D eigenvalue weighted by atomic mass is 10.3. The van der Waals surface area contributed by atoms with Crippen molar-refractivity contribution < 1.29 is 9.47 Å². The third kappa shape index (κ3) is 5.37. The number of rotatable bonds is 10. The number of nitrogen functional groups attached to an aromatic ring is 1. The van der Waals surface area contributed by atoms with E-state index in [2.05, 4.69) is 19.6 Å². The number of imidazole rings is 1. The molecular weight excluding hydrogens is 408 g/mol. The van der Waals surface area contributed by atoms with E-state index in [1.807, 2.05) is 22.8 Å². The molecule has 0 spiro atoms. The van der Waals surface area contributed by atoms with Gasteiger partial charge in [-0.15, -0.1) is 0 Å². The van der Waals surface area contributed by atoms with Gasteiger partial charge in [0.15, 0.2) is 0 Å². The summed E-state index contributed by atoms with van der Waals surface area (Å²) in [6.45, 7) is 9.16. The summed E-state index contributed by atoms with van der Waals surface area (Å²) in [6.07, 6.45) is 4.21. The summed E-state index contributed by atoms with van der Waals surface area (Å²) >= 11 is 0. The van der Waals surface area contributed by atoms with E-state index in [1.165, 1.54) is 12.8 Å². The molecule has 2 N–H and O–H groups in total. The quantitative estimate of drug-likeness (QED) is 0.381. The van der Waals surface area contributed by atoms with Crippen LogP contribution in [-0.4, -0.2) is 35.4 Å². The van der Waals surface area contributed by atoms with Gasteiger partial charge >= 0.3 is 0 Å². The van der Waals surface area contributed by atoms with Gasteiger partial charge in [-0.05, 0) is 49.1 Å². The first kappa shape index (κ1) is 21.6. The number of aromatic nitrogens is 3. The van der Waals surface area contributed by atoms with Gasteiger partial charge in [-0.1, -0.05) is 25.7 Å². The van der Waals surface area contributed by atoms with E-state index < -0.39 is 8.07 Å². The molecule has 0 aliphatic heterocycles. The van der Waals surface area contributed by atoms with Crippen LogP contribution in [0, 0.1) is 5.92 Å². The molecule has 31 heavy (non-hydrogen) atoms. The fourth-order valence-corrected chi connectivity index (χ4v) is 4.17. The molecule has 0 unspecified atom stereocenters. The van der Waals surface area contributed by atoms with Crippen molar-refractivity contribution in [1.29, 1.82) is 0 Å². The van der Waals surface area contributed by atoms with E-state index in [1.54, 1.807) is 22.9 Å². The number of pyridine rings is 1. The minimum atomic E-state index is -1.18. The van der Waals surface area contributed by atoms with E-state index >= 15 is 0 Å². The van der Waals surface area contributed by atoms with Gasteiger partial charge in [0.25, 0.3) is 5.56 Å². The fraction of sp³-hybridized carbons (Fsp3) is 0.478. The van der Waals surface area contributed by atoms with Crippen molar-refractivity contribution in [1.82, 2.24) is 14.1 Å². The molecule has 8 heteroatoms. The maximum atomic E-state index is 12.5. The summed E-state index contributed by atoms with van der Waals surface area (Å²) in [4.78, 5) is 17.3. The van der Waals surface area contributed by atoms with Crippen LogP contribution < -0.4 is 16.0 Å². The molecule has 1 aromatic carbocycles. The van der Waals surface area contributed by atoms with Gasteiger partial charge in [0.2, 0.25) is 0 Å². The van der Waals surface area contributed by atoms with Gasteiger partial charge < -0.3 is 24.3 Å². The Morgan fingerprint density at radius 1 is 1.19 bits per heavy atom. The van der Waals surface area contributed by atoms with E-state index in [-0.39, 0.29) is 11.2 Å². The van der Waals surface area contributed by atoms with Crippen molar-refractivity contribution in [2.45, 2.75) is 51.8 Å². The lowest BCUT2D eigenvalue weighted by Gasteiger charge is -2.16. The lowest BCUT2D eigenvalue weighted by molar-refractivity contribution is 0.0877. The van der Waals surface area contributed by atoms with E-state index in [0.717, 1.165) is 35.3 Å². The standard InChI is InChI=1S/C23H32N4O3Si/c1-31(2,3)13-12-29-16-27-19-7-4-8-20(30-15-17-9-10-17)22(19)25-21(27)14-26-11-5-6-18(24)23(26)28/h4-8,11,17H,9-10,12-16,24H2,1-3H3. The number of benzene rings is 1. The van der Waals surface area contributed by atoms with Crippen LogP contribution in [0.1, 0.15) is 18.7 Å². The minimum Gasteiger partial charge on any atom is -0.491 e. The first-order chi connectivity index (χ1) is 14.8. The van der Waals surface area contributed by atoms with Gasteiger partial charge in [-0.25, -0.2) is 4.98 Å². The molecule has 7 nitrogen and oxygen atoms in total. The van der Waals surface area contributed by atoms with Crippen molar-refractivity contribution in [3.63, 3.8) is 0 Å². The third-order valence-electron chi connectivity index (χ3n) is 5.57. The van der Waals surface area contributed by atoms with Gasteiger partial charge in [-0.3, -0.25) is 4.79 Å². The highest BCUT2D eigenvalue weighted by Gasteiger charge is 2.23. The number of para-hydroxylation sites is 1. The highest BCUT2D eigenvalue weighted by Crippen LogP contribution is 2.32. The van der Waals surface area contributed by atoms with Crippen LogP contribution in [0.25, 0.3) is 11.0 Å². The minimum absolute atomic E-state index is 0.217. The normalized spacial score (nSPS) is 14.3. The monoisotopic (exact) mass is 440 g/mol. The van der Waals surface area contributed by atoms with Gasteiger partial charge in [0, 0.05) is 20.9 Å². The first-order valence-electron chi connectivity index (χ1n) is 11.0. The van der Waals surface area contributed by atoms with Crippen LogP contribution in [0.3, 0.4) is 0 Å². The molecule has 1 aliphatic carbocycles. The Balaban J connectivity index is 1.65. The third-order valence-corrected chi connectivity index (χ3v) is 7.27. The second-order valence-electron chi connectivity index (χ2n) is 9.58. The molecule has 1 aliphatic rings. The lowest BCUT2D eigenvalue weighted by Crippen LogP contribution is -2.24. The zero-order chi connectivity index (χ0) is 22.0. The Morgan fingerprint density at radius 2 is 2.00 bits per heavy atom. The fourth-order valence-electron chi connectivity index (χ4n) is 3.41. The summed E-state index contributed by atoms with van der Waals surface area (Å²) < 4.78 is 15.7. The zero-order valence-corrected chi connectivity index (χ0v) is 19.6. The summed E-state index contributed by atoms with van der Waals surface area (Å²) in [7, 11) is -1.18. The smallest absolute Gasteiger partial charge is 0.274 e. The predicted molar refractivity (Wildman–Crippen MR) is 126 cm³/mol. The number of nitrogens with zero attached hydrogens (tertiary/aromatic N) is 3. The zero-order valence-electron chi connectivity index (χ0n) is 18.6. The highest BCUT2D eigenvalue weighted by atomic mass is 28.3. The Morgan fingerprint density at radius 3 is 2.74 bits per heavy atom. The SMILES string of the molecule is C[Si](C)(C)CCOCn1c(Cn2cccc(N)c2=O)nc2c(OCC3CC3)cccc21. The molecule has 166 valence electrons. The number of nitrogens with two attached hydrogens (primary N) is 1. The summed E-state index contributed by atoms with van der Waals surface area (Å²) in [6, 6.07) is 10.5. The number of fused-ring (bicyclic) bond motifs is 1. The van der Waals surface area contributed by atoms with Crippen LogP contribution in [-0.2, 0) is 18.0 Å². The summed E-state index contributed by atoms with van der Waals surface area (Å²) in [5.74, 6) is 2.19. The number of anilines is 1. The molecule has 0 radical (unpaired) electrons. The first-order valence-corrected chi connectivity index (χ1v) is 14.7. The second-order valence-corrected chi connectivity index (χ2v) is 15.2. The number of hydrogen-bond donors (Lipinski definition) is 1. The molecule has 3 aromatic rings. The Bertz CT molecular complexity index is 1110. The van der Waals surface area contributed by atoms with E-state index in [4.69, 9.17) is 20.2 Å². The van der Waals surface area contributed by atoms with Crippen molar-refractivity contribution in [3.05, 3.63) is 52.7 Å². The van der Waals surface area contributed by atoms with Gasteiger partial charge in [0.1, 0.15) is 23.8 Å². The molecule has 2 heterocycles. The molecule has 1 fully saturated rings. The second kappa shape index (κ2) is 8.88. The van der Waals surface area contributed by atoms with Crippen molar-refractivity contribution in [2.75, 3.05) is 18.9 Å². The maximum Gasteiger partial charge on any atom is 0.274 e. The molecule has 4 rings (SSSR count). The number of hydrogen-bond acceptors (Lipinski definition) is 5. The van der Waals surface area contributed by atoms with E-state index in [0.29, 0.717) is 25.8 Å². The Hall–Kier alpha value is -2.58.